The summed E-state index contributed by atoms with van der Waals surface area (Å²) in [6.45, 7) is 1.73. The summed E-state index contributed by atoms with van der Waals surface area (Å²) in [7, 11) is 0. The van der Waals surface area contributed by atoms with Gasteiger partial charge in [0.05, 0.1) is 11.8 Å². The van der Waals surface area contributed by atoms with Crippen LogP contribution >= 0.6 is 0 Å². The van der Waals surface area contributed by atoms with Crippen LogP contribution in [0, 0.1) is 0 Å². The SMILES string of the molecule is O=C(c1ccoc1)N1CCC(=C2CC2)CC1. The molecule has 1 saturated carbocycles. The Morgan fingerprint density at radius 2 is 1.81 bits per heavy atom. The van der Waals surface area contributed by atoms with E-state index in [1.165, 1.54) is 19.1 Å². The smallest absolute Gasteiger partial charge is 0.257 e. The number of nitrogens with zero attached hydrogens (tertiary/aromatic N) is 1. The molecule has 0 atom stereocenters. The molecule has 3 nitrogen and oxygen atoms in total. The van der Waals surface area contributed by atoms with Crippen molar-refractivity contribution in [2.45, 2.75) is 25.7 Å². The summed E-state index contributed by atoms with van der Waals surface area (Å²) in [4.78, 5) is 13.9. The molecule has 0 N–H and O–H groups in total. The number of carbonyl (C=O) groups excluding carboxylic acids is 1. The van der Waals surface area contributed by atoms with Gasteiger partial charge < -0.3 is 9.32 Å². The molecule has 1 aromatic rings. The fourth-order valence-corrected chi connectivity index (χ4v) is 2.32. The second-order valence-electron chi connectivity index (χ2n) is 4.51. The van der Waals surface area contributed by atoms with Gasteiger partial charge in [-0.25, -0.2) is 0 Å². The molecule has 16 heavy (non-hydrogen) atoms. The average Bonchev–Trinajstić information content (AvgIpc) is 3.04. The van der Waals surface area contributed by atoms with Gasteiger partial charge >= 0.3 is 0 Å². The first-order valence-corrected chi connectivity index (χ1v) is 5.86. The van der Waals surface area contributed by atoms with E-state index in [-0.39, 0.29) is 5.91 Å². The Kier molecular flexibility index (Phi) is 2.31. The topological polar surface area (TPSA) is 33.5 Å². The Hall–Kier alpha value is -1.51. The lowest BCUT2D eigenvalue weighted by Crippen LogP contribution is -2.36. The summed E-state index contributed by atoms with van der Waals surface area (Å²) in [5.74, 6) is 0.105. The summed E-state index contributed by atoms with van der Waals surface area (Å²) in [5, 5.41) is 0. The number of amides is 1. The van der Waals surface area contributed by atoms with E-state index in [0.717, 1.165) is 25.9 Å². The van der Waals surface area contributed by atoms with Crippen molar-refractivity contribution < 1.29 is 9.21 Å². The Labute approximate surface area is 94.7 Å². The van der Waals surface area contributed by atoms with Crippen LogP contribution < -0.4 is 0 Å². The van der Waals surface area contributed by atoms with E-state index < -0.39 is 0 Å². The number of rotatable bonds is 1. The minimum absolute atomic E-state index is 0.105. The van der Waals surface area contributed by atoms with Crippen LogP contribution in [0.4, 0.5) is 0 Å². The number of allylic oxidation sites excluding steroid dienone is 1. The molecule has 0 aromatic carbocycles. The quantitative estimate of drug-likeness (QED) is 0.677. The number of carbonyl (C=O) groups is 1. The maximum Gasteiger partial charge on any atom is 0.257 e. The highest BCUT2D eigenvalue weighted by molar-refractivity contribution is 5.93. The summed E-state index contributed by atoms with van der Waals surface area (Å²) in [6.07, 6.45) is 7.81. The summed E-state index contributed by atoms with van der Waals surface area (Å²) in [5.41, 5.74) is 3.93. The Morgan fingerprint density at radius 1 is 1.12 bits per heavy atom. The zero-order chi connectivity index (χ0) is 11.0. The molecule has 0 spiro atoms. The van der Waals surface area contributed by atoms with Crippen LogP contribution in [0.2, 0.25) is 0 Å². The molecule has 0 bridgehead atoms. The van der Waals surface area contributed by atoms with Crippen LogP contribution in [0.3, 0.4) is 0 Å². The van der Waals surface area contributed by atoms with Gasteiger partial charge in [-0.2, -0.15) is 0 Å². The highest BCUT2D eigenvalue weighted by Crippen LogP contribution is 2.36. The first kappa shape index (κ1) is 9.70. The van der Waals surface area contributed by atoms with Crippen LogP contribution in [-0.2, 0) is 0 Å². The van der Waals surface area contributed by atoms with Crippen molar-refractivity contribution in [3.05, 3.63) is 35.3 Å². The van der Waals surface area contributed by atoms with Gasteiger partial charge in [-0.1, -0.05) is 11.1 Å². The van der Waals surface area contributed by atoms with Gasteiger partial charge in [-0.3, -0.25) is 4.79 Å². The van der Waals surface area contributed by atoms with Gasteiger partial charge in [0, 0.05) is 13.1 Å². The highest BCUT2D eigenvalue weighted by atomic mass is 16.3. The molecular formula is C13H15NO2. The summed E-state index contributed by atoms with van der Waals surface area (Å²) >= 11 is 0. The second kappa shape index (κ2) is 3.81. The predicted molar refractivity (Wildman–Crippen MR) is 60.1 cm³/mol. The van der Waals surface area contributed by atoms with Crippen LogP contribution in [0.25, 0.3) is 0 Å². The first-order valence-electron chi connectivity index (χ1n) is 5.86. The lowest BCUT2D eigenvalue weighted by Gasteiger charge is -2.28. The van der Waals surface area contributed by atoms with Crippen molar-refractivity contribution in [3.8, 4) is 0 Å². The molecule has 84 valence electrons. The number of likely N-dealkylation sites (tertiary alicyclic amines) is 1. The number of hydrogen-bond donors (Lipinski definition) is 0. The van der Waals surface area contributed by atoms with Gasteiger partial charge in [-0.15, -0.1) is 0 Å². The molecule has 3 heteroatoms. The van der Waals surface area contributed by atoms with Crippen LogP contribution in [0.1, 0.15) is 36.0 Å². The molecular weight excluding hydrogens is 202 g/mol. The van der Waals surface area contributed by atoms with E-state index in [1.807, 2.05) is 4.90 Å². The number of hydrogen-bond acceptors (Lipinski definition) is 2. The molecule has 1 aromatic heterocycles. The molecule has 1 amide bonds. The minimum Gasteiger partial charge on any atom is -0.472 e. The standard InChI is InChI=1S/C13H15NO2/c15-13(12-5-8-16-9-12)14-6-3-11(4-7-14)10-1-2-10/h5,8-9H,1-4,6-7H2. The zero-order valence-electron chi connectivity index (χ0n) is 9.24. The molecule has 2 heterocycles. The fourth-order valence-electron chi connectivity index (χ4n) is 2.32. The third-order valence-corrected chi connectivity index (χ3v) is 3.42. The van der Waals surface area contributed by atoms with Crippen molar-refractivity contribution in [3.63, 3.8) is 0 Å². The van der Waals surface area contributed by atoms with Gasteiger partial charge in [0.15, 0.2) is 0 Å². The maximum atomic E-state index is 12.0. The molecule has 1 aliphatic carbocycles. The molecule has 2 aliphatic rings. The summed E-state index contributed by atoms with van der Waals surface area (Å²) < 4.78 is 4.94. The second-order valence-corrected chi connectivity index (χ2v) is 4.51. The fraction of sp³-hybridized carbons (Fsp3) is 0.462. The molecule has 0 unspecified atom stereocenters. The largest absolute Gasteiger partial charge is 0.472 e. The van der Waals surface area contributed by atoms with Crippen LogP contribution in [0.5, 0.6) is 0 Å². The lowest BCUT2D eigenvalue weighted by atomic mass is 10.0. The number of piperidine rings is 1. The normalized spacial score (nSPS) is 20.1. The van der Waals surface area contributed by atoms with E-state index in [9.17, 15) is 4.79 Å². The monoisotopic (exact) mass is 217 g/mol. The van der Waals surface area contributed by atoms with Gasteiger partial charge in [0.1, 0.15) is 6.26 Å². The Balaban J connectivity index is 1.66. The van der Waals surface area contributed by atoms with E-state index in [0.29, 0.717) is 5.56 Å². The maximum absolute atomic E-state index is 12.0. The van der Waals surface area contributed by atoms with E-state index in [2.05, 4.69) is 0 Å². The Morgan fingerprint density at radius 3 is 2.38 bits per heavy atom. The van der Waals surface area contributed by atoms with Gasteiger partial charge in [-0.05, 0) is 31.7 Å². The van der Waals surface area contributed by atoms with Crippen molar-refractivity contribution in [1.82, 2.24) is 4.90 Å². The average molecular weight is 217 g/mol. The predicted octanol–water partition coefficient (Wildman–Crippen LogP) is 2.61. The van der Waals surface area contributed by atoms with E-state index in [4.69, 9.17) is 4.42 Å². The van der Waals surface area contributed by atoms with Crippen molar-refractivity contribution in [2.75, 3.05) is 13.1 Å². The third-order valence-electron chi connectivity index (χ3n) is 3.42. The van der Waals surface area contributed by atoms with Crippen LogP contribution in [-0.4, -0.2) is 23.9 Å². The van der Waals surface area contributed by atoms with Gasteiger partial charge in [0.2, 0.25) is 0 Å². The van der Waals surface area contributed by atoms with Crippen molar-refractivity contribution in [1.29, 1.82) is 0 Å². The molecule has 1 aliphatic heterocycles. The summed E-state index contributed by atoms with van der Waals surface area (Å²) in [6, 6.07) is 1.73. The molecule has 3 rings (SSSR count). The van der Waals surface area contributed by atoms with Crippen LogP contribution in [0.15, 0.2) is 34.2 Å². The zero-order valence-corrected chi connectivity index (χ0v) is 9.24. The van der Waals surface area contributed by atoms with Gasteiger partial charge in [0.25, 0.3) is 5.91 Å². The van der Waals surface area contributed by atoms with Crippen molar-refractivity contribution in [2.24, 2.45) is 0 Å². The lowest BCUT2D eigenvalue weighted by molar-refractivity contribution is 0.0742. The first-order chi connectivity index (χ1) is 7.84. The minimum atomic E-state index is 0.105. The third kappa shape index (κ3) is 1.77. The molecule has 2 fully saturated rings. The van der Waals surface area contributed by atoms with E-state index >= 15 is 0 Å². The molecule has 0 radical (unpaired) electrons. The van der Waals surface area contributed by atoms with E-state index in [1.54, 1.807) is 23.5 Å². The number of furan rings is 1. The Bertz CT molecular complexity index is 415. The highest BCUT2D eigenvalue weighted by Gasteiger charge is 2.25. The molecule has 1 saturated heterocycles. The van der Waals surface area contributed by atoms with Crippen molar-refractivity contribution >= 4 is 5.91 Å².